The number of carbonyl (C=O) groups excluding carboxylic acids is 1. The van der Waals surface area contributed by atoms with E-state index in [-0.39, 0.29) is 12.5 Å². The second-order valence-corrected chi connectivity index (χ2v) is 5.50. The fourth-order valence-corrected chi connectivity index (χ4v) is 2.54. The van der Waals surface area contributed by atoms with E-state index in [2.05, 4.69) is 11.8 Å². The lowest BCUT2D eigenvalue weighted by Gasteiger charge is -2.16. The van der Waals surface area contributed by atoms with Gasteiger partial charge < -0.3 is 15.1 Å². The number of aliphatic hydroxyl groups excluding tert-OH is 2. The summed E-state index contributed by atoms with van der Waals surface area (Å²) in [5.41, 5.74) is 0.943. The van der Waals surface area contributed by atoms with Crippen molar-refractivity contribution in [2.24, 2.45) is 0 Å². The summed E-state index contributed by atoms with van der Waals surface area (Å²) < 4.78 is 0. The zero-order valence-corrected chi connectivity index (χ0v) is 12.3. The summed E-state index contributed by atoms with van der Waals surface area (Å²) in [6.07, 6.45) is 0.148. The van der Waals surface area contributed by atoms with E-state index in [9.17, 15) is 9.90 Å². The van der Waals surface area contributed by atoms with Crippen LogP contribution in [0, 0.1) is 18.8 Å². The van der Waals surface area contributed by atoms with Crippen LogP contribution in [0.1, 0.15) is 33.5 Å². The lowest BCUT2D eigenvalue weighted by molar-refractivity contribution is 0.0773. The molecule has 0 aliphatic rings. The first kappa shape index (κ1) is 15.7. The van der Waals surface area contributed by atoms with Gasteiger partial charge in [0.2, 0.25) is 0 Å². The van der Waals surface area contributed by atoms with E-state index in [1.165, 1.54) is 11.3 Å². The summed E-state index contributed by atoms with van der Waals surface area (Å²) in [5, 5.41) is 17.9. The smallest absolute Gasteiger partial charge is 0.263 e. The Balaban J connectivity index is 2.77. The van der Waals surface area contributed by atoms with Crippen molar-refractivity contribution in [2.45, 2.75) is 26.4 Å². The number of nitrogens with zero attached hydrogens (tertiary/aromatic N) is 1. The Morgan fingerprint density at radius 1 is 1.58 bits per heavy atom. The van der Waals surface area contributed by atoms with E-state index in [0.29, 0.717) is 17.8 Å². The van der Waals surface area contributed by atoms with Crippen LogP contribution in [-0.2, 0) is 0 Å². The fraction of sp³-hybridized carbons (Fsp3) is 0.500. The standard InChI is InChI=1S/C14H19NO3S/c1-10-9-13(19-12(10)5-4-8-16)14(18)15(3)7-6-11(2)17/h9,11,16-17H,6-8H2,1-3H3. The topological polar surface area (TPSA) is 60.8 Å². The highest BCUT2D eigenvalue weighted by molar-refractivity contribution is 7.14. The molecule has 4 nitrogen and oxygen atoms in total. The minimum atomic E-state index is -0.411. The molecule has 2 N–H and O–H groups in total. The number of hydrogen-bond acceptors (Lipinski definition) is 4. The first-order valence-corrected chi connectivity index (χ1v) is 6.91. The zero-order chi connectivity index (χ0) is 14.4. The Morgan fingerprint density at radius 3 is 2.84 bits per heavy atom. The normalized spacial score (nSPS) is 11.6. The van der Waals surface area contributed by atoms with Gasteiger partial charge in [0.1, 0.15) is 6.61 Å². The van der Waals surface area contributed by atoms with Crippen molar-refractivity contribution in [1.82, 2.24) is 4.90 Å². The third-order valence-electron chi connectivity index (χ3n) is 2.64. The SMILES string of the molecule is Cc1cc(C(=O)N(C)CCC(C)O)sc1C#CCO. The highest BCUT2D eigenvalue weighted by atomic mass is 32.1. The van der Waals surface area contributed by atoms with Gasteiger partial charge in [0.05, 0.1) is 15.9 Å². The Bertz CT molecular complexity index is 497. The molecular weight excluding hydrogens is 262 g/mol. The predicted molar refractivity (Wildman–Crippen MR) is 76.3 cm³/mol. The Kier molecular flexibility index (Phi) is 6.03. The van der Waals surface area contributed by atoms with Crippen molar-refractivity contribution in [1.29, 1.82) is 0 Å². The number of rotatable bonds is 4. The van der Waals surface area contributed by atoms with Gasteiger partial charge in [0, 0.05) is 13.6 Å². The third kappa shape index (κ3) is 4.67. The monoisotopic (exact) mass is 281 g/mol. The summed E-state index contributed by atoms with van der Waals surface area (Å²) in [4.78, 5) is 15.2. The summed E-state index contributed by atoms with van der Waals surface area (Å²) in [6, 6.07) is 1.81. The molecule has 1 aromatic heterocycles. The Hall–Kier alpha value is -1.35. The lowest BCUT2D eigenvalue weighted by Crippen LogP contribution is -2.28. The van der Waals surface area contributed by atoms with E-state index < -0.39 is 6.10 Å². The first-order chi connectivity index (χ1) is 8.95. The van der Waals surface area contributed by atoms with Gasteiger partial charge in [-0.25, -0.2) is 0 Å². The Labute approximate surface area is 117 Å². The van der Waals surface area contributed by atoms with Crippen molar-refractivity contribution in [3.05, 3.63) is 21.4 Å². The van der Waals surface area contributed by atoms with Gasteiger partial charge in [-0.2, -0.15) is 0 Å². The maximum absolute atomic E-state index is 12.2. The van der Waals surface area contributed by atoms with Crippen LogP contribution in [0.15, 0.2) is 6.07 Å². The van der Waals surface area contributed by atoms with Gasteiger partial charge >= 0.3 is 0 Å². The van der Waals surface area contributed by atoms with Crippen LogP contribution < -0.4 is 0 Å². The number of amides is 1. The van der Waals surface area contributed by atoms with Gasteiger partial charge in [-0.3, -0.25) is 4.79 Å². The van der Waals surface area contributed by atoms with Crippen LogP contribution in [0.5, 0.6) is 0 Å². The van der Waals surface area contributed by atoms with Crippen LogP contribution in [0.25, 0.3) is 0 Å². The average molecular weight is 281 g/mol. The molecule has 1 rings (SSSR count). The number of aliphatic hydroxyl groups is 2. The molecule has 0 saturated heterocycles. The number of aryl methyl sites for hydroxylation is 1. The van der Waals surface area contributed by atoms with E-state index in [1.807, 2.05) is 13.0 Å². The minimum absolute atomic E-state index is 0.0641. The van der Waals surface area contributed by atoms with Crippen molar-refractivity contribution in [3.63, 3.8) is 0 Å². The van der Waals surface area contributed by atoms with Gasteiger partial charge in [-0.1, -0.05) is 11.8 Å². The lowest BCUT2D eigenvalue weighted by atomic mass is 10.2. The molecule has 0 aliphatic heterocycles. The molecule has 0 saturated carbocycles. The zero-order valence-electron chi connectivity index (χ0n) is 11.4. The molecule has 0 fully saturated rings. The van der Waals surface area contributed by atoms with Crippen LogP contribution in [0.2, 0.25) is 0 Å². The number of carbonyl (C=O) groups is 1. The number of hydrogen-bond donors (Lipinski definition) is 2. The molecule has 0 spiro atoms. The second-order valence-electron chi connectivity index (χ2n) is 4.45. The van der Waals surface area contributed by atoms with Crippen LogP contribution >= 0.6 is 11.3 Å². The quantitative estimate of drug-likeness (QED) is 0.816. The van der Waals surface area contributed by atoms with Crippen molar-refractivity contribution < 1.29 is 15.0 Å². The summed E-state index contributed by atoms with van der Waals surface area (Å²) in [6.45, 7) is 3.93. The first-order valence-electron chi connectivity index (χ1n) is 6.09. The molecular formula is C14H19NO3S. The predicted octanol–water partition coefficient (Wildman–Crippen LogP) is 1.24. The molecule has 0 bridgehead atoms. The van der Waals surface area contributed by atoms with E-state index in [0.717, 1.165) is 10.4 Å². The molecule has 19 heavy (non-hydrogen) atoms. The highest BCUT2D eigenvalue weighted by Gasteiger charge is 2.16. The third-order valence-corrected chi connectivity index (χ3v) is 3.78. The molecule has 1 unspecified atom stereocenters. The maximum atomic E-state index is 12.2. The summed E-state index contributed by atoms with van der Waals surface area (Å²) in [5.74, 6) is 5.36. The van der Waals surface area contributed by atoms with Gasteiger partial charge in [-0.15, -0.1) is 11.3 Å². The molecule has 1 heterocycles. The molecule has 1 aromatic rings. The largest absolute Gasteiger partial charge is 0.393 e. The highest BCUT2D eigenvalue weighted by Crippen LogP contribution is 2.22. The van der Waals surface area contributed by atoms with E-state index in [1.54, 1.807) is 18.9 Å². The molecule has 0 aromatic carbocycles. The average Bonchev–Trinajstić information content (AvgIpc) is 2.73. The molecule has 0 radical (unpaired) electrons. The van der Waals surface area contributed by atoms with Crippen LogP contribution in [0.4, 0.5) is 0 Å². The van der Waals surface area contributed by atoms with Gasteiger partial charge in [0.25, 0.3) is 5.91 Å². The van der Waals surface area contributed by atoms with Crippen LogP contribution in [0.3, 0.4) is 0 Å². The molecule has 104 valence electrons. The maximum Gasteiger partial charge on any atom is 0.263 e. The van der Waals surface area contributed by atoms with Crippen molar-refractivity contribution >= 4 is 17.2 Å². The minimum Gasteiger partial charge on any atom is -0.393 e. The van der Waals surface area contributed by atoms with E-state index >= 15 is 0 Å². The number of thiophene rings is 1. The van der Waals surface area contributed by atoms with Gasteiger partial charge in [-0.05, 0) is 31.9 Å². The summed E-state index contributed by atoms with van der Waals surface area (Å²) in [7, 11) is 1.72. The van der Waals surface area contributed by atoms with E-state index in [4.69, 9.17) is 5.11 Å². The summed E-state index contributed by atoms with van der Waals surface area (Å²) >= 11 is 1.33. The van der Waals surface area contributed by atoms with Crippen molar-refractivity contribution in [3.8, 4) is 11.8 Å². The molecule has 1 amide bonds. The molecule has 5 heteroatoms. The van der Waals surface area contributed by atoms with Crippen molar-refractivity contribution in [2.75, 3.05) is 20.2 Å². The van der Waals surface area contributed by atoms with Crippen LogP contribution in [-0.4, -0.2) is 47.3 Å². The Morgan fingerprint density at radius 2 is 2.26 bits per heavy atom. The fourth-order valence-electron chi connectivity index (χ4n) is 1.50. The molecule has 0 aliphatic carbocycles. The second kappa shape index (κ2) is 7.29. The van der Waals surface area contributed by atoms with Gasteiger partial charge in [0.15, 0.2) is 0 Å². The molecule has 1 atom stereocenters.